The summed E-state index contributed by atoms with van der Waals surface area (Å²) in [5.41, 5.74) is 8.30. The van der Waals surface area contributed by atoms with E-state index in [0.717, 1.165) is 23.7 Å². The number of aliphatic imine (C=N–C) groups is 1. The molecule has 4 nitrogen and oxygen atoms in total. The van der Waals surface area contributed by atoms with Crippen molar-refractivity contribution < 1.29 is 4.79 Å². The van der Waals surface area contributed by atoms with E-state index in [1.54, 1.807) is 0 Å². The first kappa shape index (κ1) is 13.6. The molecule has 3 rings (SSSR count). The average molecular weight is 336 g/mol. The van der Waals surface area contributed by atoms with Crippen LogP contribution < -0.4 is 5.73 Å². The van der Waals surface area contributed by atoms with Crippen LogP contribution in [0, 0.1) is 0 Å². The van der Waals surface area contributed by atoms with Crippen molar-refractivity contribution >= 4 is 27.8 Å². The van der Waals surface area contributed by atoms with Gasteiger partial charge in [-0.1, -0.05) is 22.0 Å². The normalized spacial score (nSPS) is 25.3. The number of hydrogen-bond donors (Lipinski definition) is 1. The fourth-order valence-corrected chi connectivity index (χ4v) is 3.86. The highest BCUT2D eigenvalue weighted by Crippen LogP contribution is 2.39. The summed E-state index contributed by atoms with van der Waals surface area (Å²) in [6.45, 7) is 4.04. The van der Waals surface area contributed by atoms with Gasteiger partial charge >= 0.3 is 6.03 Å². The van der Waals surface area contributed by atoms with Crippen LogP contribution in [0.4, 0.5) is 4.79 Å². The van der Waals surface area contributed by atoms with Crippen LogP contribution in [0.25, 0.3) is 0 Å². The average Bonchev–Trinajstić information content (AvgIpc) is 2.61. The summed E-state index contributed by atoms with van der Waals surface area (Å²) in [5, 5.41) is 0. The number of aryl methyl sites for hydroxylation is 1. The van der Waals surface area contributed by atoms with Gasteiger partial charge in [-0.05, 0) is 49.9 Å². The zero-order chi connectivity index (χ0) is 14.5. The molecule has 1 aliphatic carbocycles. The number of nitrogens with zero attached hydrogens (tertiary/aromatic N) is 2. The van der Waals surface area contributed by atoms with Gasteiger partial charge in [0.25, 0.3) is 0 Å². The highest BCUT2D eigenvalue weighted by molar-refractivity contribution is 9.10. The number of carbonyl (C=O) groups is 1. The fraction of sp³-hybridized carbons (Fsp3) is 0.467. The second-order valence-electron chi connectivity index (χ2n) is 5.86. The van der Waals surface area contributed by atoms with Crippen molar-refractivity contribution in [2.45, 2.75) is 44.7 Å². The summed E-state index contributed by atoms with van der Waals surface area (Å²) < 4.78 is 1.09. The van der Waals surface area contributed by atoms with E-state index in [4.69, 9.17) is 5.73 Å². The van der Waals surface area contributed by atoms with Crippen LogP contribution in [0.5, 0.6) is 0 Å². The molecule has 0 saturated carbocycles. The van der Waals surface area contributed by atoms with E-state index in [1.165, 1.54) is 11.1 Å². The van der Waals surface area contributed by atoms with Gasteiger partial charge in [-0.15, -0.1) is 0 Å². The van der Waals surface area contributed by atoms with Gasteiger partial charge in [0, 0.05) is 16.9 Å². The van der Waals surface area contributed by atoms with E-state index in [2.05, 4.69) is 33.1 Å². The lowest BCUT2D eigenvalue weighted by atomic mass is 9.76. The minimum atomic E-state index is -0.425. The maximum absolute atomic E-state index is 12.1. The Kier molecular flexibility index (Phi) is 3.12. The zero-order valence-electron chi connectivity index (χ0n) is 11.7. The van der Waals surface area contributed by atoms with E-state index in [9.17, 15) is 4.79 Å². The van der Waals surface area contributed by atoms with Gasteiger partial charge in [-0.25, -0.2) is 4.79 Å². The van der Waals surface area contributed by atoms with Crippen LogP contribution in [0.15, 0.2) is 27.7 Å². The molecule has 1 atom stereocenters. The first-order valence-electron chi connectivity index (χ1n) is 6.89. The van der Waals surface area contributed by atoms with Crippen LogP contribution in [-0.4, -0.2) is 28.3 Å². The third-order valence-electron chi connectivity index (χ3n) is 4.34. The molecular weight excluding hydrogens is 318 g/mol. The fourth-order valence-electron chi connectivity index (χ4n) is 3.45. The number of halogens is 1. The van der Waals surface area contributed by atoms with E-state index < -0.39 is 5.54 Å². The number of amidine groups is 1. The molecule has 2 aliphatic rings. The van der Waals surface area contributed by atoms with Gasteiger partial charge in [-0.3, -0.25) is 0 Å². The number of nitrogens with two attached hydrogens (primary N) is 1. The van der Waals surface area contributed by atoms with Gasteiger partial charge in [0.15, 0.2) is 0 Å². The predicted octanol–water partition coefficient (Wildman–Crippen LogP) is 2.88. The molecule has 1 aliphatic heterocycles. The molecule has 20 heavy (non-hydrogen) atoms. The molecule has 2 N–H and O–H groups in total. The monoisotopic (exact) mass is 335 g/mol. The Morgan fingerprint density at radius 3 is 2.85 bits per heavy atom. The lowest BCUT2D eigenvalue weighted by molar-refractivity contribution is 0.136. The van der Waals surface area contributed by atoms with Gasteiger partial charge in [0.1, 0.15) is 11.4 Å². The molecule has 5 heteroatoms. The smallest absolute Gasteiger partial charge is 0.346 e. The topological polar surface area (TPSA) is 58.7 Å². The Morgan fingerprint density at radius 1 is 1.40 bits per heavy atom. The summed E-state index contributed by atoms with van der Waals surface area (Å²) in [5.74, 6) is 0.477. The molecule has 1 spiro atoms. The highest BCUT2D eigenvalue weighted by atomic mass is 79.9. The molecule has 106 valence electrons. The molecule has 1 heterocycles. The Bertz CT molecular complexity index is 611. The summed E-state index contributed by atoms with van der Waals surface area (Å²) in [7, 11) is 0. The minimum absolute atomic E-state index is 0.101. The first-order chi connectivity index (χ1) is 9.44. The van der Waals surface area contributed by atoms with Crippen LogP contribution in [0.2, 0.25) is 0 Å². The summed E-state index contributed by atoms with van der Waals surface area (Å²) in [6.07, 6.45) is 2.52. The van der Waals surface area contributed by atoms with E-state index in [0.29, 0.717) is 5.84 Å². The van der Waals surface area contributed by atoms with Crippen molar-refractivity contribution in [2.24, 2.45) is 10.7 Å². The van der Waals surface area contributed by atoms with E-state index >= 15 is 0 Å². The molecule has 0 fully saturated rings. The molecule has 0 saturated heterocycles. The number of rotatable bonds is 1. The first-order valence-corrected chi connectivity index (χ1v) is 7.68. The van der Waals surface area contributed by atoms with Gasteiger partial charge < -0.3 is 10.6 Å². The number of amides is 2. The number of urea groups is 1. The number of hydrogen-bond acceptors (Lipinski definition) is 2. The number of fused-ring (bicyclic) bond motifs is 1. The zero-order valence-corrected chi connectivity index (χ0v) is 13.3. The number of benzene rings is 1. The second kappa shape index (κ2) is 4.58. The number of carbonyl (C=O) groups excluding carboxylic acids is 1. The second-order valence-corrected chi connectivity index (χ2v) is 6.78. The van der Waals surface area contributed by atoms with Crippen molar-refractivity contribution in [3.8, 4) is 0 Å². The van der Waals surface area contributed by atoms with Crippen LogP contribution in [-0.2, 0) is 12.8 Å². The molecular formula is C15H18BrN3O. The standard InChI is InChI=1S/C15H18BrN3O/c1-9(2)19-14(20)18-13(17)15(19)6-5-10-7-12(16)4-3-11(10)8-15/h3-4,7,9H,5-6,8H2,1-2H3,(H2,17,18,20). The van der Waals surface area contributed by atoms with Gasteiger partial charge in [-0.2, -0.15) is 4.99 Å². The van der Waals surface area contributed by atoms with E-state index in [-0.39, 0.29) is 12.1 Å². The van der Waals surface area contributed by atoms with Crippen molar-refractivity contribution in [3.05, 3.63) is 33.8 Å². The Hall–Kier alpha value is -1.36. The third kappa shape index (κ3) is 1.87. The van der Waals surface area contributed by atoms with Gasteiger partial charge in [0.05, 0.1) is 0 Å². The summed E-state index contributed by atoms with van der Waals surface area (Å²) in [6, 6.07) is 6.23. The molecule has 0 radical (unpaired) electrons. The molecule has 0 bridgehead atoms. The third-order valence-corrected chi connectivity index (χ3v) is 4.83. The maximum Gasteiger partial charge on any atom is 0.346 e. The maximum atomic E-state index is 12.1. The molecule has 1 aromatic rings. The Morgan fingerprint density at radius 2 is 2.15 bits per heavy atom. The minimum Gasteiger partial charge on any atom is -0.385 e. The molecule has 2 amide bonds. The predicted molar refractivity (Wildman–Crippen MR) is 82.9 cm³/mol. The van der Waals surface area contributed by atoms with Crippen LogP contribution in [0.1, 0.15) is 31.4 Å². The quantitative estimate of drug-likeness (QED) is 0.857. The SMILES string of the molecule is CC(C)N1C(=O)N=C(N)C12CCc1cc(Br)ccc1C2. The Labute approximate surface area is 127 Å². The Balaban J connectivity index is 2.04. The van der Waals surface area contributed by atoms with Crippen molar-refractivity contribution in [1.29, 1.82) is 0 Å². The molecule has 1 aromatic carbocycles. The van der Waals surface area contributed by atoms with Crippen molar-refractivity contribution in [2.75, 3.05) is 0 Å². The lowest BCUT2D eigenvalue weighted by Gasteiger charge is -2.43. The highest BCUT2D eigenvalue weighted by Gasteiger charge is 2.50. The van der Waals surface area contributed by atoms with Crippen LogP contribution in [0.3, 0.4) is 0 Å². The van der Waals surface area contributed by atoms with Crippen LogP contribution >= 0.6 is 15.9 Å². The van der Waals surface area contributed by atoms with Crippen molar-refractivity contribution in [1.82, 2.24) is 4.90 Å². The largest absolute Gasteiger partial charge is 0.385 e. The summed E-state index contributed by atoms with van der Waals surface area (Å²) in [4.78, 5) is 18.0. The molecule has 0 aromatic heterocycles. The lowest BCUT2D eigenvalue weighted by Crippen LogP contribution is -2.59. The van der Waals surface area contributed by atoms with Gasteiger partial charge in [0.2, 0.25) is 0 Å². The summed E-state index contributed by atoms with van der Waals surface area (Å²) >= 11 is 3.51. The molecule has 1 unspecified atom stereocenters. The van der Waals surface area contributed by atoms with E-state index in [1.807, 2.05) is 24.8 Å². The van der Waals surface area contributed by atoms with Crippen molar-refractivity contribution in [3.63, 3.8) is 0 Å².